The van der Waals surface area contributed by atoms with Crippen LogP contribution in [0.4, 0.5) is 10.5 Å². The zero-order valence-electron chi connectivity index (χ0n) is 15.2. The molecular weight excluding hydrogens is 334 g/mol. The molecule has 0 spiro atoms. The average Bonchev–Trinajstić information content (AvgIpc) is 2.53. The maximum Gasteiger partial charge on any atom is 0.413 e. The van der Waals surface area contributed by atoms with Gasteiger partial charge in [-0.3, -0.25) is 9.89 Å². The van der Waals surface area contributed by atoms with Gasteiger partial charge in [0.1, 0.15) is 0 Å². The highest BCUT2D eigenvalue weighted by Gasteiger charge is 2.47. The van der Waals surface area contributed by atoms with Gasteiger partial charge in [0.15, 0.2) is 5.17 Å². The lowest BCUT2D eigenvalue weighted by atomic mass is 9.70. The van der Waals surface area contributed by atoms with Crippen molar-refractivity contribution < 1.29 is 9.90 Å². The molecule has 1 fully saturated rings. The Morgan fingerprint density at radius 2 is 2.16 bits per heavy atom. The lowest BCUT2D eigenvalue weighted by molar-refractivity contribution is 0.139. The Morgan fingerprint density at radius 1 is 1.40 bits per heavy atom. The molecule has 1 aliphatic carbocycles. The van der Waals surface area contributed by atoms with Crippen LogP contribution in [0.2, 0.25) is 0 Å². The lowest BCUT2D eigenvalue weighted by Crippen LogP contribution is -2.51. The monoisotopic (exact) mass is 361 g/mol. The first-order valence-electron chi connectivity index (χ1n) is 8.86. The number of rotatable bonds is 1. The van der Waals surface area contributed by atoms with E-state index in [2.05, 4.69) is 6.07 Å². The Balaban J connectivity index is 2.12. The maximum atomic E-state index is 11.9. The van der Waals surface area contributed by atoms with Crippen molar-refractivity contribution in [3.63, 3.8) is 0 Å². The number of carbonyl (C=O) groups is 1. The van der Waals surface area contributed by atoms with Crippen LogP contribution in [0.3, 0.4) is 0 Å². The second-order valence-electron chi connectivity index (χ2n) is 7.99. The molecule has 2 unspecified atom stereocenters. The smallest absolute Gasteiger partial charge is 0.413 e. The van der Waals surface area contributed by atoms with Crippen molar-refractivity contribution in [1.82, 2.24) is 4.90 Å². The number of carboxylic acid groups (broad SMARTS) is 1. The van der Waals surface area contributed by atoms with E-state index in [1.54, 1.807) is 11.8 Å². The van der Waals surface area contributed by atoms with Crippen LogP contribution in [0.5, 0.6) is 0 Å². The number of thioether (sulfide) groups is 1. The number of aliphatic imine (C=N–C) groups is 1. The van der Waals surface area contributed by atoms with Crippen LogP contribution >= 0.6 is 11.8 Å². The van der Waals surface area contributed by atoms with E-state index in [0.717, 1.165) is 36.3 Å². The Kier molecular flexibility index (Phi) is 4.75. The summed E-state index contributed by atoms with van der Waals surface area (Å²) in [6.45, 7) is 5.72. The first kappa shape index (κ1) is 18.1. The van der Waals surface area contributed by atoms with E-state index >= 15 is 0 Å². The number of benzene rings is 1. The summed E-state index contributed by atoms with van der Waals surface area (Å²) in [4.78, 5) is 18.4. The normalized spacial score (nSPS) is 26.5. The third kappa shape index (κ3) is 3.36. The fourth-order valence-corrected chi connectivity index (χ4v) is 5.50. The van der Waals surface area contributed by atoms with Crippen molar-refractivity contribution in [2.24, 2.45) is 10.9 Å². The SMILES string of the molecule is CC(C)(C)N(C(=O)O)C1=NC2(c3cccc(N)c3)CCCCC2CS1. The Bertz CT molecular complexity index is 698. The van der Waals surface area contributed by atoms with Crippen LogP contribution in [-0.2, 0) is 5.54 Å². The molecule has 1 saturated carbocycles. The summed E-state index contributed by atoms with van der Waals surface area (Å²) in [5, 5.41) is 10.4. The van der Waals surface area contributed by atoms with Crippen molar-refractivity contribution in [3.05, 3.63) is 29.8 Å². The first-order valence-corrected chi connectivity index (χ1v) is 9.84. The number of hydrogen-bond donors (Lipinski definition) is 2. The zero-order chi connectivity index (χ0) is 18.2. The van der Waals surface area contributed by atoms with Crippen LogP contribution in [0, 0.1) is 5.92 Å². The summed E-state index contributed by atoms with van der Waals surface area (Å²) in [5.41, 5.74) is 7.00. The second-order valence-corrected chi connectivity index (χ2v) is 8.97. The average molecular weight is 362 g/mol. The molecule has 1 aromatic rings. The topological polar surface area (TPSA) is 78.9 Å². The number of amidine groups is 1. The van der Waals surface area contributed by atoms with E-state index in [1.807, 2.05) is 39.0 Å². The lowest BCUT2D eigenvalue weighted by Gasteiger charge is -2.47. The molecule has 1 aliphatic heterocycles. The minimum absolute atomic E-state index is 0.354. The number of nitrogens with two attached hydrogens (primary N) is 1. The minimum Gasteiger partial charge on any atom is -0.465 e. The molecule has 2 atom stereocenters. The van der Waals surface area contributed by atoms with Crippen LogP contribution in [0.1, 0.15) is 52.0 Å². The van der Waals surface area contributed by atoms with Gasteiger partial charge in [-0.1, -0.05) is 36.7 Å². The highest BCUT2D eigenvalue weighted by atomic mass is 32.2. The van der Waals surface area contributed by atoms with Crippen molar-refractivity contribution in [3.8, 4) is 0 Å². The van der Waals surface area contributed by atoms with E-state index in [1.165, 1.54) is 11.3 Å². The van der Waals surface area contributed by atoms with Gasteiger partial charge in [0.25, 0.3) is 0 Å². The molecule has 1 amide bonds. The van der Waals surface area contributed by atoms with E-state index < -0.39 is 11.6 Å². The van der Waals surface area contributed by atoms with E-state index in [-0.39, 0.29) is 5.54 Å². The van der Waals surface area contributed by atoms with E-state index in [4.69, 9.17) is 10.7 Å². The van der Waals surface area contributed by atoms with Crippen molar-refractivity contribution in [1.29, 1.82) is 0 Å². The molecule has 6 heteroatoms. The first-order chi connectivity index (χ1) is 11.7. The number of hydrogen-bond acceptors (Lipinski definition) is 4. The summed E-state index contributed by atoms with van der Waals surface area (Å²) in [5.74, 6) is 1.32. The van der Waals surface area contributed by atoms with Gasteiger partial charge in [-0.05, 0) is 57.2 Å². The summed E-state index contributed by atoms with van der Waals surface area (Å²) in [6.07, 6.45) is 3.44. The fraction of sp³-hybridized carbons (Fsp3) is 0.579. The predicted octanol–water partition coefficient (Wildman–Crippen LogP) is 4.54. The molecule has 5 nitrogen and oxygen atoms in total. The van der Waals surface area contributed by atoms with Crippen LogP contribution in [0.15, 0.2) is 29.3 Å². The van der Waals surface area contributed by atoms with E-state index in [0.29, 0.717) is 11.1 Å². The van der Waals surface area contributed by atoms with Crippen molar-refractivity contribution in [2.45, 2.75) is 57.5 Å². The summed E-state index contributed by atoms with van der Waals surface area (Å²) >= 11 is 1.57. The summed E-state index contributed by atoms with van der Waals surface area (Å²) in [7, 11) is 0. The van der Waals surface area contributed by atoms with Gasteiger partial charge in [-0.25, -0.2) is 4.79 Å². The standard InChI is InChI=1S/C19H27N3O2S/c1-18(2,3)22(17(23)24)16-21-19(13-8-6-9-15(20)11-13)10-5-4-7-14(19)12-25-16/h6,8-9,11,14H,4-5,7,10,12,20H2,1-3H3,(H,23,24). The predicted molar refractivity (Wildman–Crippen MR) is 104 cm³/mol. The van der Waals surface area contributed by atoms with Crippen molar-refractivity contribution >= 4 is 28.7 Å². The number of fused-ring (bicyclic) bond motifs is 1. The molecule has 0 aromatic heterocycles. The van der Waals surface area contributed by atoms with Gasteiger partial charge < -0.3 is 10.8 Å². The molecular formula is C19H27N3O2S. The molecule has 0 bridgehead atoms. The van der Waals surface area contributed by atoms with Gasteiger partial charge in [-0.15, -0.1) is 0 Å². The van der Waals surface area contributed by atoms with E-state index in [9.17, 15) is 9.90 Å². The minimum atomic E-state index is -0.948. The molecule has 25 heavy (non-hydrogen) atoms. The van der Waals surface area contributed by atoms with Gasteiger partial charge in [0.05, 0.1) is 5.54 Å². The summed E-state index contributed by atoms with van der Waals surface area (Å²) in [6, 6.07) is 7.96. The van der Waals surface area contributed by atoms with Gasteiger partial charge in [-0.2, -0.15) is 0 Å². The number of anilines is 1. The molecule has 136 valence electrons. The third-order valence-corrected chi connectivity index (χ3v) is 6.29. The zero-order valence-corrected chi connectivity index (χ0v) is 16.0. The number of amides is 1. The van der Waals surface area contributed by atoms with Gasteiger partial charge in [0, 0.05) is 17.0 Å². The van der Waals surface area contributed by atoms with Crippen molar-refractivity contribution in [2.75, 3.05) is 11.5 Å². The Morgan fingerprint density at radius 3 is 2.80 bits per heavy atom. The molecule has 1 aromatic carbocycles. The van der Waals surface area contributed by atoms with Crippen LogP contribution in [0.25, 0.3) is 0 Å². The Hall–Kier alpha value is -1.69. The molecule has 2 aliphatic rings. The Labute approximate surface area is 153 Å². The number of nitrogens with zero attached hydrogens (tertiary/aromatic N) is 2. The highest BCUT2D eigenvalue weighted by Crippen LogP contribution is 2.50. The molecule has 0 radical (unpaired) electrons. The quantitative estimate of drug-likeness (QED) is 0.720. The highest BCUT2D eigenvalue weighted by molar-refractivity contribution is 8.13. The third-order valence-electron chi connectivity index (χ3n) is 5.18. The maximum absolute atomic E-state index is 11.9. The molecule has 1 heterocycles. The number of nitrogen functional groups attached to an aromatic ring is 1. The molecule has 3 rings (SSSR count). The van der Waals surface area contributed by atoms with Gasteiger partial charge >= 0.3 is 6.09 Å². The second kappa shape index (κ2) is 6.56. The largest absolute Gasteiger partial charge is 0.465 e. The van der Waals surface area contributed by atoms with Gasteiger partial charge in [0.2, 0.25) is 0 Å². The van der Waals surface area contributed by atoms with Crippen LogP contribution < -0.4 is 5.73 Å². The molecule has 3 N–H and O–H groups in total. The van der Waals surface area contributed by atoms with Crippen LogP contribution in [-0.4, -0.2) is 32.6 Å². The fourth-order valence-electron chi connectivity index (χ4n) is 4.00. The molecule has 0 saturated heterocycles. The summed E-state index contributed by atoms with van der Waals surface area (Å²) < 4.78 is 0.